The van der Waals surface area contributed by atoms with Crippen molar-refractivity contribution >= 4 is 0 Å². The lowest BCUT2D eigenvalue weighted by molar-refractivity contribution is 0.0138. The van der Waals surface area contributed by atoms with E-state index in [1.807, 2.05) is 13.8 Å². The fraction of sp³-hybridized carbons (Fsp3) is 1.00. The fourth-order valence-electron chi connectivity index (χ4n) is 0.823. The molecule has 0 saturated heterocycles. The minimum absolute atomic E-state index is 0.311. The topological polar surface area (TPSA) is 18.5 Å². The standard InChI is InChI=1S/C11H24O2/c1-10(2)13-9-8-12-7-6-11(3,4)5/h10H,6-9H2,1-5H3. The number of ether oxygens (including phenoxy) is 2. The van der Waals surface area contributed by atoms with Crippen LogP contribution in [0, 0.1) is 5.41 Å². The summed E-state index contributed by atoms with van der Waals surface area (Å²) in [5.74, 6) is 0. The van der Waals surface area contributed by atoms with E-state index in [2.05, 4.69) is 20.8 Å². The highest BCUT2D eigenvalue weighted by atomic mass is 16.5. The summed E-state index contributed by atoms with van der Waals surface area (Å²) in [4.78, 5) is 0. The van der Waals surface area contributed by atoms with Gasteiger partial charge < -0.3 is 9.47 Å². The zero-order chi connectivity index (χ0) is 10.3. The average molecular weight is 188 g/mol. The van der Waals surface area contributed by atoms with Crippen molar-refractivity contribution in [3.63, 3.8) is 0 Å². The van der Waals surface area contributed by atoms with Crippen LogP contribution in [0.1, 0.15) is 41.0 Å². The summed E-state index contributed by atoms with van der Waals surface area (Å²) in [6.07, 6.45) is 1.42. The Morgan fingerprint density at radius 2 is 1.62 bits per heavy atom. The first-order valence-electron chi connectivity index (χ1n) is 5.11. The molecule has 0 aliphatic rings. The molecular weight excluding hydrogens is 164 g/mol. The first kappa shape index (κ1) is 12.9. The van der Waals surface area contributed by atoms with Crippen LogP contribution in [0.15, 0.2) is 0 Å². The number of rotatable bonds is 6. The lowest BCUT2D eigenvalue weighted by atomic mass is 9.93. The SMILES string of the molecule is CC(C)OCCOCCC(C)(C)C. The highest BCUT2D eigenvalue weighted by molar-refractivity contribution is 4.59. The minimum atomic E-state index is 0.311. The van der Waals surface area contributed by atoms with E-state index in [-0.39, 0.29) is 0 Å². The van der Waals surface area contributed by atoms with E-state index in [0.717, 1.165) is 13.0 Å². The Kier molecular flexibility index (Phi) is 6.35. The monoisotopic (exact) mass is 188 g/mol. The fourth-order valence-corrected chi connectivity index (χ4v) is 0.823. The Morgan fingerprint density at radius 1 is 1.00 bits per heavy atom. The second-order valence-corrected chi connectivity index (χ2v) is 4.84. The van der Waals surface area contributed by atoms with Gasteiger partial charge in [-0.15, -0.1) is 0 Å². The van der Waals surface area contributed by atoms with Gasteiger partial charge in [-0.1, -0.05) is 20.8 Å². The molecule has 0 aliphatic heterocycles. The molecular formula is C11H24O2. The van der Waals surface area contributed by atoms with Crippen LogP contribution in [-0.2, 0) is 9.47 Å². The summed E-state index contributed by atoms with van der Waals surface area (Å²) in [5.41, 5.74) is 0.374. The zero-order valence-electron chi connectivity index (χ0n) is 9.72. The molecule has 0 N–H and O–H groups in total. The van der Waals surface area contributed by atoms with E-state index in [0.29, 0.717) is 24.7 Å². The molecule has 0 fully saturated rings. The second kappa shape index (κ2) is 6.39. The van der Waals surface area contributed by atoms with Gasteiger partial charge in [-0.2, -0.15) is 0 Å². The maximum absolute atomic E-state index is 5.44. The normalized spacial score (nSPS) is 12.5. The van der Waals surface area contributed by atoms with E-state index in [4.69, 9.17) is 9.47 Å². The summed E-state index contributed by atoms with van der Waals surface area (Å²) in [5, 5.41) is 0. The second-order valence-electron chi connectivity index (χ2n) is 4.84. The Labute approximate surface area is 82.6 Å². The molecule has 0 saturated carbocycles. The van der Waals surface area contributed by atoms with Crippen LogP contribution < -0.4 is 0 Å². The van der Waals surface area contributed by atoms with Crippen LogP contribution in [0.2, 0.25) is 0 Å². The van der Waals surface area contributed by atoms with Gasteiger partial charge in [0, 0.05) is 6.61 Å². The first-order valence-corrected chi connectivity index (χ1v) is 5.11. The average Bonchev–Trinajstić information content (AvgIpc) is 1.93. The van der Waals surface area contributed by atoms with Crippen molar-refractivity contribution in [1.29, 1.82) is 0 Å². The Hall–Kier alpha value is -0.0800. The van der Waals surface area contributed by atoms with E-state index < -0.39 is 0 Å². The highest BCUT2D eigenvalue weighted by Gasteiger charge is 2.08. The molecule has 0 spiro atoms. The smallest absolute Gasteiger partial charge is 0.0703 e. The molecule has 0 rings (SSSR count). The number of hydrogen-bond acceptors (Lipinski definition) is 2. The van der Waals surface area contributed by atoms with Crippen molar-refractivity contribution in [2.75, 3.05) is 19.8 Å². The Balaban J connectivity index is 3.09. The summed E-state index contributed by atoms with van der Waals surface area (Å²) in [7, 11) is 0. The highest BCUT2D eigenvalue weighted by Crippen LogP contribution is 2.17. The van der Waals surface area contributed by atoms with Crippen LogP contribution in [0.25, 0.3) is 0 Å². The van der Waals surface area contributed by atoms with Gasteiger partial charge in [0.15, 0.2) is 0 Å². The van der Waals surface area contributed by atoms with E-state index in [9.17, 15) is 0 Å². The molecule has 13 heavy (non-hydrogen) atoms. The largest absolute Gasteiger partial charge is 0.379 e. The van der Waals surface area contributed by atoms with Crippen molar-refractivity contribution in [1.82, 2.24) is 0 Å². The van der Waals surface area contributed by atoms with E-state index in [1.165, 1.54) is 0 Å². The molecule has 0 unspecified atom stereocenters. The van der Waals surface area contributed by atoms with Gasteiger partial charge in [0.25, 0.3) is 0 Å². The van der Waals surface area contributed by atoms with Gasteiger partial charge >= 0.3 is 0 Å². The lowest BCUT2D eigenvalue weighted by Gasteiger charge is -2.17. The maximum atomic E-state index is 5.44. The third-order valence-electron chi connectivity index (χ3n) is 1.68. The minimum Gasteiger partial charge on any atom is -0.379 e. The number of hydrogen-bond donors (Lipinski definition) is 0. The summed E-state index contributed by atoms with van der Waals surface area (Å²) < 4.78 is 10.8. The van der Waals surface area contributed by atoms with Gasteiger partial charge in [-0.05, 0) is 25.7 Å². The van der Waals surface area contributed by atoms with Gasteiger partial charge in [0.05, 0.1) is 19.3 Å². The van der Waals surface area contributed by atoms with E-state index >= 15 is 0 Å². The summed E-state index contributed by atoms with van der Waals surface area (Å²) in [6, 6.07) is 0. The molecule has 0 atom stereocenters. The van der Waals surface area contributed by atoms with Crippen LogP contribution >= 0.6 is 0 Å². The molecule has 0 aliphatic carbocycles. The molecule has 0 aromatic heterocycles. The molecule has 2 nitrogen and oxygen atoms in total. The third-order valence-corrected chi connectivity index (χ3v) is 1.68. The lowest BCUT2D eigenvalue weighted by Crippen LogP contribution is -2.13. The van der Waals surface area contributed by atoms with Crippen molar-refractivity contribution in [2.45, 2.75) is 47.1 Å². The summed E-state index contributed by atoms with van der Waals surface area (Å²) in [6.45, 7) is 13.0. The van der Waals surface area contributed by atoms with Gasteiger partial charge in [-0.3, -0.25) is 0 Å². The first-order chi connectivity index (χ1) is 5.92. The molecule has 0 bridgehead atoms. The molecule has 2 heteroatoms. The molecule has 0 aromatic carbocycles. The van der Waals surface area contributed by atoms with Gasteiger partial charge in [-0.25, -0.2) is 0 Å². The van der Waals surface area contributed by atoms with Gasteiger partial charge in [0.2, 0.25) is 0 Å². The molecule has 0 heterocycles. The quantitative estimate of drug-likeness (QED) is 0.597. The van der Waals surface area contributed by atoms with Crippen LogP contribution in [0.5, 0.6) is 0 Å². The third kappa shape index (κ3) is 11.9. The van der Waals surface area contributed by atoms with Crippen molar-refractivity contribution < 1.29 is 9.47 Å². The predicted molar refractivity (Wildman–Crippen MR) is 56.0 cm³/mol. The van der Waals surface area contributed by atoms with Crippen LogP contribution in [0.4, 0.5) is 0 Å². The van der Waals surface area contributed by atoms with Crippen molar-refractivity contribution in [2.24, 2.45) is 5.41 Å². The Morgan fingerprint density at radius 3 is 2.08 bits per heavy atom. The Bertz CT molecular complexity index is 114. The van der Waals surface area contributed by atoms with Crippen molar-refractivity contribution in [3.05, 3.63) is 0 Å². The predicted octanol–water partition coefficient (Wildman–Crippen LogP) is 2.86. The maximum Gasteiger partial charge on any atom is 0.0703 e. The van der Waals surface area contributed by atoms with E-state index in [1.54, 1.807) is 0 Å². The van der Waals surface area contributed by atoms with Gasteiger partial charge in [0.1, 0.15) is 0 Å². The zero-order valence-corrected chi connectivity index (χ0v) is 9.72. The van der Waals surface area contributed by atoms with Crippen LogP contribution in [0.3, 0.4) is 0 Å². The molecule has 0 radical (unpaired) electrons. The summed E-state index contributed by atoms with van der Waals surface area (Å²) >= 11 is 0. The van der Waals surface area contributed by atoms with Crippen molar-refractivity contribution in [3.8, 4) is 0 Å². The molecule has 0 amide bonds. The molecule has 0 aromatic rings. The van der Waals surface area contributed by atoms with Crippen LogP contribution in [-0.4, -0.2) is 25.9 Å². The molecule has 80 valence electrons.